The summed E-state index contributed by atoms with van der Waals surface area (Å²) in [6.07, 6.45) is 1.91. The van der Waals surface area contributed by atoms with Crippen LogP contribution >= 0.6 is 0 Å². The Balaban J connectivity index is 3.21. The minimum absolute atomic E-state index is 0.00692. The molecule has 0 unspecified atom stereocenters. The quantitative estimate of drug-likeness (QED) is 0.451. The average Bonchev–Trinajstić information content (AvgIpc) is 2.12. The first-order valence-corrected chi connectivity index (χ1v) is 7.51. The highest BCUT2D eigenvalue weighted by molar-refractivity contribution is 7.89. The van der Waals surface area contributed by atoms with Gasteiger partial charge in [0.1, 0.15) is 0 Å². The van der Waals surface area contributed by atoms with Gasteiger partial charge in [0, 0.05) is 17.5 Å². The molecule has 0 aliphatic heterocycles. The van der Waals surface area contributed by atoms with Crippen LogP contribution in [0.25, 0.3) is 0 Å². The van der Waals surface area contributed by atoms with E-state index in [2.05, 4.69) is 4.40 Å². The third kappa shape index (κ3) is 4.13. The van der Waals surface area contributed by atoms with Crippen molar-refractivity contribution in [3.8, 4) is 0 Å². The fourth-order valence-electron chi connectivity index (χ4n) is 0.983. The first-order valence-electron chi connectivity index (χ1n) is 4.22. The second-order valence-electron chi connectivity index (χ2n) is 3.23. The Hall–Kier alpha value is -1.45. The maximum absolute atomic E-state index is 10.8. The summed E-state index contributed by atoms with van der Waals surface area (Å²) in [6.45, 7) is 0. The van der Waals surface area contributed by atoms with Crippen molar-refractivity contribution in [3.63, 3.8) is 0 Å². The Morgan fingerprint density at radius 2 is 1.88 bits per heavy atom. The molecule has 0 fully saturated rings. The fourth-order valence-corrected chi connectivity index (χ4v) is 1.80. The highest BCUT2D eigenvalue weighted by atomic mass is 32.2. The number of nitrogens with zero attached hydrogens (tertiary/aromatic N) is 1. The molecule has 0 radical (unpaired) electrons. The average molecular weight is 278 g/mol. The van der Waals surface area contributed by atoms with Crippen LogP contribution in [0.3, 0.4) is 0 Å². The smallest absolute Gasteiger partial charge is 0.294 e. The maximum atomic E-state index is 10.8. The lowest BCUT2D eigenvalue weighted by molar-refractivity contribution is 0.483. The maximum Gasteiger partial charge on any atom is 0.294 e. The van der Waals surface area contributed by atoms with E-state index >= 15 is 0 Å². The van der Waals surface area contributed by atoms with Crippen molar-refractivity contribution >= 4 is 32.0 Å². The fraction of sp³-hybridized carbons (Fsp3) is 0.125. The first-order chi connectivity index (χ1) is 7.59. The van der Waals surface area contributed by atoms with Gasteiger partial charge in [-0.3, -0.25) is 4.55 Å². The third-order valence-corrected chi connectivity index (χ3v) is 3.08. The third-order valence-electron chi connectivity index (χ3n) is 1.74. The molecule has 0 aromatic heterocycles. The van der Waals surface area contributed by atoms with Crippen molar-refractivity contribution in [1.82, 2.24) is 0 Å². The number of benzene rings is 1. The van der Waals surface area contributed by atoms with E-state index < -0.39 is 20.1 Å². The van der Waals surface area contributed by atoms with Crippen molar-refractivity contribution in [2.24, 2.45) is 4.40 Å². The number of rotatable bonds is 3. The van der Waals surface area contributed by atoms with Gasteiger partial charge in [0.15, 0.2) is 0 Å². The molecule has 0 bridgehead atoms. The molecule has 0 heterocycles. The van der Waals surface area contributed by atoms with Gasteiger partial charge in [-0.2, -0.15) is 12.8 Å². The van der Waals surface area contributed by atoms with Gasteiger partial charge < -0.3 is 5.73 Å². The summed E-state index contributed by atoms with van der Waals surface area (Å²) < 4.78 is 55.1. The Kier molecular flexibility index (Phi) is 3.55. The molecule has 0 saturated heterocycles. The summed E-state index contributed by atoms with van der Waals surface area (Å²) in [5.41, 5.74) is 5.72. The SMILES string of the molecule is CS(=O)(=O)N=Cc1ccc(S(=O)(=O)O)cc1N. The number of anilines is 1. The molecule has 9 heteroatoms. The predicted octanol–water partition coefficient (Wildman–Crippen LogP) is -0.106. The lowest BCUT2D eigenvalue weighted by Crippen LogP contribution is -2.02. The molecule has 0 aliphatic rings. The van der Waals surface area contributed by atoms with Gasteiger partial charge in [0.05, 0.1) is 11.2 Å². The number of hydrogen-bond donors (Lipinski definition) is 2. The summed E-state index contributed by atoms with van der Waals surface area (Å²) in [5, 5.41) is 0. The van der Waals surface area contributed by atoms with Gasteiger partial charge in [-0.25, -0.2) is 8.42 Å². The topological polar surface area (TPSA) is 127 Å². The molecule has 0 aliphatic carbocycles. The number of nitrogens with two attached hydrogens (primary N) is 1. The van der Waals surface area contributed by atoms with Gasteiger partial charge in [-0.15, -0.1) is 0 Å². The zero-order valence-electron chi connectivity index (χ0n) is 8.73. The summed E-state index contributed by atoms with van der Waals surface area (Å²) in [4.78, 5) is -0.369. The molecule has 17 heavy (non-hydrogen) atoms. The summed E-state index contributed by atoms with van der Waals surface area (Å²) in [5.74, 6) is 0. The normalized spacial score (nSPS) is 13.1. The minimum atomic E-state index is -4.33. The molecular weight excluding hydrogens is 268 g/mol. The Morgan fingerprint density at radius 3 is 2.29 bits per heavy atom. The van der Waals surface area contributed by atoms with Crippen LogP contribution in [0.2, 0.25) is 0 Å². The predicted molar refractivity (Wildman–Crippen MR) is 63.1 cm³/mol. The van der Waals surface area contributed by atoms with Crippen molar-refractivity contribution in [3.05, 3.63) is 23.8 Å². The zero-order chi connectivity index (χ0) is 13.3. The van der Waals surface area contributed by atoms with Gasteiger partial charge in [-0.1, -0.05) is 0 Å². The molecule has 94 valence electrons. The van der Waals surface area contributed by atoms with Crippen LogP contribution in [-0.4, -0.2) is 33.9 Å². The summed E-state index contributed by atoms with van der Waals surface area (Å²) >= 11 is 0. The summed E-state index contributed by atoms with van der Waals surface area (Å²) in [6, 6.07) is 3.35. The number of hydrogen-bond acceptors (Lipinski definition) is 5. The monoisotopic (exact) mass is 278 g/mol. The minimum Gasteiger partial charge on any atom is -0.398 e. The van der Waals surface area contributed by atoms with Gasteiger partial charge in [0.25, 0.3) is 10.1 Å². The number of nitrogen functional groups attached to an aromatic ring is 1. The molecule has 0 amide bonds. The molecule has 1 rings (SSSR count). The Morgan fingerprint density at radius 1 is 1.29 bits per heavy atom. The molecule has 3 N–H and O–H groups in total. The van der Waals surface area contributed by atoms with E-state index in [9.17, 15) is 16.8 Å². The highest BCUT2D eigenvalue weighted by Crippen LogP contribution is 2.16. The zero-order valence-corrected chi connectivity index (χ0v) is 10.4. The van der Waals surface area contributed by atoms with E-state index in [1.54, 1.807) is 0 Å². The lowest BCUT2D eigenvalue weighted by Gasteiger charge is -2.02. The van der Waals surface area contributed by atoms with Gasteiger partial charge in [0.2, 0.25) is 10.0 Å². The standard InChI is InChI=1S/C8H10N2O5S2/c1-16(11,12)10-5-6-2-3-7(4-8(6)9)17(13,14)15/h2-5H,9H2,1H3,(H,13,14,15). The van der Waals surface area contributed by atoms with E-state index in [1.165, 1.54) is 6.07 Å². The molecular formula is C8H10N2O5S2. The van der Waals surface area contributed by atoms with E-state index in [-0.39, 0.29) is 16.1 Å². The molecule has 7 nitrogen and oxygen atoms in total. The second kappa shape index (κ2) is 4.43. The van der Waals surface area contributed by atoms with Crippen molar-refractivity contribution in [1.29, 1.82) is 0 Å². The van der Waals surface area contributed by atoms with Crippen LogP contribution in [0.15, 0.2) is 27.5 Å². The van der Waals surface area contributed by atoms with Crippen molar-refractivity contribution in [2.45, 2.75) is 4.90 Å². The van der Waals surface area contributed by atoms with Crippen LogP contribution in [0, 0.1) is 0 Å². The van der Waals surface area contributed by atoms with Gasteiger partial charge >= 0.3 is 0 Å². The van der Waals surface area contributed by atoms with E-state index in [4.69, 9.17) is 10.3 Å². The molecule has 1 aromatic rings. The van der Waals surface area contributed by atoms with Crippen LogP contribution in [0.4, 0.5) is 5.69 Å². The van der Waals surface area contributed by atoms with Crippen LogP contribution in [0.5, 0.6) is 0 Å². The largest absolute Gasteiger partial charge is 0.398 e. The molecule has 0 spiro atoms. The summed E-state index contributed by atoms with van der Waals surface area (Å²) in [7, 11) is -7.86. The van der Waals surface area contributed by atoms with Crippen LogP contribution in [0.1, 0.15) is 5.56 Å². The van der Waals surface area contributed by atoms with E-state index in [1.807, 2.05) is 0 Å². The van der Waals surface area contributed by atoms with Crippen LogP contribution in [-0.2, 0) is 20.1 Å². The van der Waals surface area contributed by atoms with E-state index in [0.29, 0.717) is 0 Å². The van der Waals surface area contributed by atoms with Crippen molar-refractivity contribution < 1.29 is 21.4 Å². The van der Waals surface area contributed by atoms with E-state index in [0.717, 1.165) is 24.6 Å². The lowest BCUT2D eigenvalue weighted by atomic mass is 10.2. The Labute approximate surface area is 98.8 Å². The Bertz CT molecular complexity index is 661. The molecule has 1 aromatic carbocycles. The molecule has 0 atom stereocenters. The highest BCUT2D eigenvalue weighted by Gasteiger charge is 2.10. The first kappa shape index (κ1) is 13.6. The van der Waals surface area contributed by atoms with Crippen molar-refractivity contribution in [2.75, 3.05) is 12.0 Å². The van der Waals surface area contributed by atoms with Crippen LogP contribution < -0.4 is 5.73 Å². The van der Waals surface area contributed by atoms with Gasteiger partial charge in [-0.05, 0) is 18.2 Å². The molecule has 0 saturated carbocycles. The number of sulfonamides is 1. The second-order valence-corrected chi connectivity index (χ2v) is 6.33.